The summed E-state index contributed by atoms with van der Waals surface area (Å²) in [5.41, 5.74) is 12.0. The topological polar surface area (TPSA) is 141 Å². The molecule has 0 aliphatic rings. The Labute approximate surface area is 231 Å². The van der Waals surface area contributed by atoms with Crippen molar-refractivity contribution < 1.29 is 0 Å². The molecule has 9 heteroatoms. The Kier molecular flexibility index (Phi) is 12.8. The Hall–Kier alpha value is -3.89. The number of nitrogens with zero attached hydrogens (tertiary/aromatic N) is 4. The van der Waals surface area contributed by atoms with E-state index in [0.717, 1.165) is 16.7 Å². The molecule has 1 unspecified atom stereocenters. The number of hydrazine groups is 1. The monoisotopic (exact) mass is 525 g/mol. The van der Waals surface area contributed by atoms with Gasteiger partial charge in [0.2, 0.25) is 0 Å². The van der Waals surface area contributed by atoms with Gasteiger partial charge >= 0.3 is 0 Å². The predicted octanol–water partition coefficient (Wildman–Crippen LogP) is 4.16. The summed E-state index contributed by atoms with van der Waals surface area (Å²) in [6.45, 7) is 3.53. The molecule has 9 nitrogen and oxygen atoms in total. The number of aliphatic imine (C=N–C) groups is 1. The van der Waals surface area contributed by atoms with E-state index in [4.69, 9.17) is 22.2 Å². The Morgan fingerprint density at radius 2 is 1.36 bits per heavy atom. The smallest absolute Gasteiger partial charge is 0.118 e. The number of benzene rings is 3. The molecule has 3 aromatic rings. The minimum absolute atomic E-state index is 0.301. The van der Waals surface area contributed by atoms with Crippen LogP contribution in [0.15, 0.2) is 101 Å². The van der Waals surface area contributed by atoms with E-state index in [1.54, 1.807) is 11.2 Å². The van der Waals surface area contributed by atoms with Gasteiger partial charge in [0.05, 0.1) is 13.1 Å². The lowest BCUT2D eigenvalue weighted by atomic mass is 10.2. The van der Waals surface area contributed by atoms with Gasteiger partial charge in [0.15, 0.2) is 0 Å². The Balaban J connectivity index is 1.56. The molecule has 6 N–H and O–H groups in total. The zero-order chi connectivity index (χ0) is 27.7. The zero-order valence-electron chi connectivity index (χ0n) is 22.3. The SMILES string of the molecule is N=NC(C=NCc1ccccc1)CN(CC(=N)CNCc1ccccc1)CC(=N)CN(N)Cc1ccccc1. The van der Waals surface area contributed by atoms with Gasteiger partial charge in [0, 0.05) is 56.9 Å². The molecule has 3 rings (SSSR count). The van der Waals surface area contributed by atoms with Crippen molar-refractivity contribution in [1.29, 1.82) is 16.3 Å². The first-order valence-electron chi connectivity index (χ1n) is 13.1. The molecule has 0 aliphatic carbocycles. The number of rotatable bonds is 18. The van der Waals surface area contributed by atoms with Gasteiger partial charge in [-0.15, -0.1) is 0 Å². The Bertz CT molecular complexity index is 1170. The van der Waals surface area contributed by atoms with Crippen LogP contribution in [0.2, 0.25) is 0 Å². The summed E-state index contributed by atoms with van der Waals surface area (Å²) >= 11 is 0. The van der Waals surface area contributed by atoms with Crippen molar-refractivity contribution in [2.75, 3.05) is 32.7 Å². The number of nitrogens with one attached hydrogen (secondary N) is 4. The van der Waals surface area contributed by atoms with E-state index in [0.29, 0.717) is 63.8 Å². The molecule has 0 saturated heterocycles. The quantitative estimate of drug-likeness (QED) is 0.0736. The Morgan fingerprint density at radius 1 is 0.795 bits per heavy atom. The number of nitrogens with two attached hydrogens (primary N) is 1. The van der Waals surface area contributed by atoms with Gasteiger partial charge in [-0.25, -0.2) is 10.5 Å². The lowest BCUT2D eigenvalue weighted by Gasteiger charge is -2.26. The summed E-state index contributed by atoms with van der Waals surface area (Å²) in [5, 5.41) is 25.9. The molecular weight excluding hydrogens is 486 g/mol. The second-order valence-corrected chi connectivity index (χ2v) is 9.53. The summed E-state index contributed by atoms with van der Waals surface area (Å²) in [4.78, 5) is 6.46. The van der Waals surface area contributed by atoms with Crippen LogP contribution in [0.25, 0.3) is 0 Å². The van der Waals surface area contributed by atoms with Crippen LogP contribution in [0.4, 0.5) is 0 Å². The van der Waals surface area contributed by atoms with Crippen LogP contribution in [-0.2, 0) is 19.6 Å². The molecule has 0 aliphatic heterocycles. The van der Waals surface area contributed by atoms with Crippen LogP contribution in [-0.4, -0.2) is 66.3 Å². The van der Waals surface area contributed by atoms with Gasteiger partial charge < -0.3 is 16.1 Å². The van der Waals surface area contributed by atoms with E-state index in [1.807, 2.05) is 95.9 Å². The minimum Gasteiger partial charge on any atom is -0.307 e. The van der Waals surface area contributed by atoms with Crippen LogP contribution in [0.1, 0.15) is 16.7 Å². The second-order valence-electron chi connectivity index (χ2n) is 9.53. The van der Waals surface area contributed by atoms with Crippen LogP contribution in [0.3, 0.4) is 0 Å². The average molecular weight is 526 g/mol. The molecular formula is C30H39N9. The average Bonchev–Trinajstić information content (AvgIpc) is 2.94. The lowest BCUT2D eigenvalue weighted by Crippen LogP contribution is -2.44. The van der Waals surface area contributed by atoms with Gasteiger partial charge in [-0.2, -0.15) is 5.11 Å². The van der Waals surface area contributed by atoms with Crippen molar-refractivity contribution in [3.8, 4) is 0 Å². The summed E-state index contributed by atoms with van der Waals surface area (Å²) in [7, 11) is 0. The van der Waals surface area contributed by atoms with Crippen molar-refractivity contribution in [3.63, 3.8) is 0 Å². The third-order valence-corrected chi connectivity index (χ3v) is 5.97. The van der Waals surface area contributed by atoms with E-state index >= 15 is 0 Å². The first-order chi connectivity index (χ1) is 19.0. The number of hydrogen-bond acceptors (Lipinski definition) is 9. The molecule has 204 valence electrons. The normalized spacial score (nSPS) is 12.2. The summed E-state index contributed by atoms with van der Waals surface area (Å²) in [6, 6.07) is 29.5. The van der Waals surface area contributed by atoms with Gasteiger partial charge in [0.25, 0.3) is 0 Å². The van der Waals surface area contributed by atoms with E-state index in [1.165, 1.54) is 0 Å². The molecule has 0 radical (unpaired) electrons. The van der Waals surface area contributed by atoms with E-state index in [2.05, 4.69) is 15.4 Å². The first-order valence-corrected chi connectivity index (χ1v) is 13.1. The maximum absolute atomic E-state index is 8.60. The molecule has 0 saturated carbocycles. The third kappa shape index (κ3) is 12.0. The van der Waals surface area contributed by atoms with Crippen LogP contribution < -0.4 is 11.2 Å². The summed E-state index contributed by atoms with van der Waals surface area (Å²) in [5.74, 6) is 6.21. The predicted molar refractivity (Wildman–Crippen MR) is 159 cm³/mol. The maximum Gasteiger partial charge on any atom is 0.118 e. The van der Waals surface area contributed by atoms with Crippen molar-refractivity contribution in [1.82, 2.24) is 15.2 Å². The molecule has 0 bridgehead atoms. The fraction of sp³-hybridized carbons (Fsp3) is 0.300. The number of hydrogen-bond donors (Lipinski definition) is 5. The molecule has 3 aromatic carbocycles. The minimum atomic E-state index is -0.468. The summed E-state index contributed by atoms with van der Waals surface area (Å²) < 4.78 is 0. The maximum atomic E-state index is 8.60. The highest BCUT2D eigenvalue weighted by Crippen LogP contribution is 2.04. The molecule has 0 spiro atoms. The molecule has 0 fully saturated rings. The van der Waals surface area contributed by atoms with Crippen molar-refractivity contribution in [3.05, 3.63) is 108 Å². The third-order valence-electron chi connectivity index (χ3n) is 5.97. The van der Waals surface area contributed by atoms with Gasteiger partial charge in [-0.1, -0.05) is 91.0 Å². The van der Waals surface area contributed by atoms with Gasteiger partial charge in [-0.05, 0) is 16.7 Å². The fourth-order valence-electron chi connectivity index (χ4n) is 4.15. The highest BCUT2D eigenvalue weighted by molar-refractivity contribution is 5.88. The lowest BCUT2D eigenvalue weighted by molar-refractivity contribution is 0.301. The molecule has 0 amide bonds. The van der Waals surface area contributed by atoms with Crippen molar-refractivity contribution in [2.45, 2.75) is 25.7 Å². The van der Waals surface area contributed by atoms with Gasteiger partial charge in [-0.3, -0.25) is 15.7 Å². The van der Waals surface area contributed by atoms with E-state index in [9.17, 15) is 0 Å². The highest BCUT2D eigenvalue weighted by atomic mass is 15.4. The molecule has 0 heterocycles. The Morgan fingerprint density at radius 3 is 1.97 bits per heavy atom. The molecule has 39 heavy (non-hydrogen) atoms. The standard InChI is InChI=1S/C30H39N9/c31-28(18-35-16-25-10-4-1-5-11-25)21-38(22-29(32)23-39(34)20-27-14-8-3-9-15-27)24-30(37-33)19-36-17-26-12-6-2-7-13-26/h1-15,19,30-33,35H,16-18,20-24,34H2. The first kappa shape index (κ1) is 29.7. The molecule has 1 atom stereocenters. The van der Waals surface area contributed by atoms with Gasteiger partial charge in [0.1, 0.15) is 6.04 Å². The van der Waals surface area contributed by atoms with Crippen LogP contribution in [0, 0.1) is 16.3 Å². The largest absolute Gasteiger partial charge is 0.307 e. The zero-order valence-corrected chi connectivity index (χ0v) is 22.3. The second kappa shape index (κ2) is 16.8. The van der Waals surface area contributed by atoms with Crippen LogP contribution >= 0.6 is 0 Å². The van der Waals surface area contributed by atoms with Crippen LogP contribution in [0.5, 0.6) is 0 Å². The highest BCUT2D eigenvalue weighted by Gasteiger charge is 2.17. The fourth-order valence-corrected chi connectivity index (χ4v) is 4.15. The van der Waals surface area contributed by atoms with E-state index < -0.39 is 6.04 Å². The molecule has 0 aromatic heterocycles. The van der Waals surface area contributed by atoms with E-state index in [-0.39, 0.29) is 0 Å². The van der Waals surface area contributed by atoms with Crippen molar-refractivity contribution in [2.24, 2.45) is 15.9 Å². The van der Waals surface area contributed by atoms with Crippen molar-refractivity contribution >= 4 is 17.6 Å². The summed E-state index contributed by atoms with van der Waals surface area (Å²) in [6.07, 6.45) is 1.69.